The fourth-order valence-corrected chi connectivity index (χ4v) is 4.46. The van der Waals surface area contributed by atoms with Crippen LogP contribution in [0.25, 0.3) is 6.08 Å². The highest BCUT2D eigenvalue weighted by Crippen LogP contribution is 2.26. The third-order valence-electron chi connectivity index (χ3n) is 6.19. The molecule has 42 heavy (non-hydrogen) atoms. The van der Waals surface area contributed by atoms with Crippen molar-refractivity contribution in [1.82, 2.24) is 15.9 Å². The van der Waals surface area contributed by atoms with E-state index in [0.29, 0.717) is 6.42 Å². The molecular formula is C30H44N4O7S. The van der Waals surface area contributed by atoms with Crippen molar-refractivity contribution in [3.05, 3.63) is 71.8 Å². The largest absolute Gasteiger partial charge is 0.320 e. The zero-order chi connectivity index (χ0) is 32.0. The zero-order valence-corrected chi connectivity index (χ0v) is 25.8. The Bertz CT molecular complexity index is 1280. The topological polar surface area (TPSA) is 179 Å². The van der Waals surface area contributed by atoms with Gasteiger partial charge in [-0.05, 0) is 64.2 Å². The molecule has 0 unspecified atom stereocenters. The summed E-state index contributed by atoms with van der Waals surface area (Å²) in [6, 6.07) is 14.5. The van der Waals surface area contributed by atoms with Gasteiger partial charge in [-0.2, -0.15) is 8.42 Å². The number of rotatable bonds is 11. The lowest BCUT2D eigenvalue weighted by Crippen LogP contribution is -2.57. The van der Waals surface area contributed by atoms with Gasteiger partial charge in [-0.25, -0.2) is 5.48 Å². The van der Waals surface area contributed by atoms with E-state index in [1.165, 1.54) is 17.1 Å². The van der Waals surface area contributed by atoms with E-state index in [0.717, 1.165) is 11.1 Å². The van der Waals surface area contributed by atoms with Gasteiger partial charge in [-0.1, -0.05) is 74.0 Å². The minimum Gasteiger partial charge on any atom is -0.320 e. The van der Waals surface area contributed by atoms with E-state index in [1.807, 2.05) is 63.3 Å². The summed E-state index contributed by atoms with van der Waals surface area (Å²) in [6.07, 6.45) is 4.32. The molecule has 232 valence electrons. The smallest absolute Gasteiger partial charge is 0.294 e. The summed E-state index contributed by atoms with van der Waals surface area (Å²) < 4.78 is 29.6. The Kier molecular flexibility index (Phi) is 15.1. The van der Waals surface area contributed by atoms with Gasteiger partial charge < -0.3 is 5.73 Å². The van der Waals surface area contributed by atoms with Crippen LogP contribution >= 0.6 is 0 Å². The summed E-state index contributed by atoms with van der Waals surface area (Å²) in [5.74, 6) is -2.98. The first-order valence-corrected chi connectivity index (χ1v) is 15.1. The number of amides is 3. The van der Waals surface area contributed by atoms with Gasteiger partial charge in [0.25, 0.3) is 16.0 Å². The second-order valence-electron chi connectivity index (χ2n) is 10.7. The number of aryl methyl sites for hydroxylation is 1. The van der Waals surface area contributed by atoms with Crippen LogP contribution in [0.1, 0.15) is 58.6 Å². The molecule has 0 radical (unpaired) electrons. The normalized spacial score (nSPS) is 13.6. The molecule has 2 aromatic carbocycles. The Labute approximate surface area is 248 Å². The maximum atomic E-state index is 13.2. The van der Waals surface area contributed by atoms with E-state index < -0.39 is 45.7 Å². The Morgan fingerprint density at radius 1 is 0.929 bits per heavy atom. The van der Waals surface area contributed by atoms with Gasteiger partial charge >= 0.3 is 0 Å². The standard InChI is InChI=1S/C23H36N4O4.C7H8O3S/c1-15(2)14-20(21(28)25-27(16(3)4)23(30)17(5)24)19(22(29)26-31)13-9-12-18-10-7-6-8-11-18;1-6-2-4-7(5-3-6)11(8,9)10/h6-12,15-17,19-20,31H,13-14,24H2,1-5H3,(H,25,28)(H,26,29);2-5H,1H3,(H,8,9,10)/t17-,19+,20-;/m1./s1. The van der Waals surface area contributed by atoms with Gasteiger partial charge in [-0.15, -0.1) is 0 Å². The minimum atomic E-state index is -4.02. The van der Waals surface area contributed by atoms with E-state index in [1.54, 1.807) is 38.4 Å². The number of hydrogen-bond acceptors (Lipinski definition) is 7. The second kappa shape index (κ2) is 17.4. The Balaban J connectivity index is 0.000000666. The Morgan fingerprint density at radius 2 is 1.50 bits per heavy atom. The highest BCUT2D eigenvalue weighted by molar-refractivity contribution is 7.85. The predicted octanol–water partition coefficient (Wildman–Crippen LogP) is 3.73. The molecule has 0 aromatic heterocycles. The van der Waals surface area contributed by atoms with Gasteiger partial charge in [-0.3, -0.25) is 34.6 Å². The van der Waals surface area contributed by atoms with Crippen LogP contribution in [0.15, 0.2) is 65.6 Å². The average Bonchev–Trinajstić information content (AvgIpc) is 2.92. The number of hydrogen-bond donors (Lipinski definition) is 5. The maximum absolute atomic E-state index is 13.2. The van der Waals surface area contributed by atoms with E-state index in [2.05, 4.69) is 5.43 Å². The first kappa shape index (κ1) is 36.4. The number of hydroxylamine groups is 1. The number of benzene rings is 2. The quantitative estimate of drug-likeness (QED) is 0.146. The molecule has 0 aliphatic carbocycles. The van der Waals surface area contributed by atoms with Crippen LogP contribution in [-0.2, 0) is 24.5 Å². The molecule has 3 atom stereocenters. The number of nitrogens with two attached hydrogens (primary N) is 1. The zero-order valence-electron chi connectivity index (χ0n) is 25.0. The number of allylic oxidation sites excluding steroid dienone is 1. The molecule has 0 bridgehead atoms. The van der Waals surface area contributed by atoms with Gasteiger partial charge in [0, 0.05) is 6.04 Å². The van der Waals surface area contributed by atoms with Crippen molar-refractivity contribution < 1.29 is 32.6 Å². The molecule has 0 aliphatic heterocycles. The van der Waals surface area contributed by atoms with Crippen molar-refractivity contribution in [3.8, 4) is 0 Å². The average molecular weight is 605 g/mol. The fraction of sp³-hybridized carbons (Fsp3) is 0.433. The van der Waals surface area contributed by atoms with Crippen LogP contribution in [0.2, 0.25) is 0 Å². The molecule has 11 nitrogen and oxygen atoms in total. The minimum absolute atomic E-state index is 0.0666. The van der Waals surface area contributed by atoms with Crippen LogP contribution in [-0.4, -0.2) is 53.0 Å². The lowest BCUT2D eigenvalue weighted by Gasteiger charge is -2.32. The number of carbonyl (C=O) groups is 3. The van der Waals surface area contributed by atoms with Crippen molar-refractivity contribution in [1.29, 1.82) is 0 Å². The van der Waals surface area contributed by atoms with E-state index in [4.69, 9.17) is 10.3 Å². The molecule has 0 fully saturated rings. The molecule has 3 amide bonds. The number of hydrazine groups is 1. The lowest BCUT2D eigenvalue weighted by molar-refractivity contribution is -0.149. The first-order valence-electron chi connectivity index (χ1n) is 13.7. The lowest BCUT2D eigenvalue weighted by atomic mass is 9.82. The van der Waals surface area contributed by atoms with Gasteiger partial charge in [0.05, 0.1) is 22.8 Å². The predicted molar refractivity (Wildman–Crippen MR) is 161 cm³/mol. The van der Waals surface area contributed by atoms with Crippen molar-refractivity contribution >= 4 is 33.9 Å². The van der Waals surface area contributed by atoms with Gasteiger partial charge in [0.1, 0.15) is 0 Å². The first-order chi connectivity index (χ1) is 19.6. The SMILES string of the molecule is CC(C)C[C@@H](C(=O)NN(C(=O)[C@@H](C)N)C(C)C)[C@H](CC=Cc1ccccc1)C(=O)NO.Cc1ccc(S(=O)(=O)O)cc1. The fourth-order valence-electron chi connectivity index (χ4n) is 3.98. The molecule has 2 aromatic rings. The summed E-state index contributed by atoms with van der Waals surface area (Å²) in [4.78, 5) is 38.0. The molecule has 12 heteroatoms. The van der Waals surface area contributed by atoms with Crippen LogP contribution in [0.3, 0.4) is 0 Å². The monoisotopic (exact) mass is 604 g/mol. The molecule has 0 spiro atoms. The molecular weight excluding hydrogens is 560 g/mol. The van der Waals surface area contributed by atoms with E-state index in [9.17, 15) is 28.0 Å². The highest BCUT2D eigenvalue weighted by atomic mass is 32.2. The molecule has 0 heterocycles. The molecule has 6 N–H and O–H groups in total. The summed E-state index contributed by atoms with van der Waals surface area (Å²) in [5, 5.41) is 10.5. The third kappa shape index (κ3) is 12.5. The van der Waals surface area contributed by atoms with Crippen LogP contribution in [0.4, 0.5) is 0 Å². The number of nitrogens with one attached hydrogen (secondary N) is 2. The number of nitrogens with zero attached hydrogens (tertiary/aromatic N) is 1. The van der Waals surface area contributed by atoms with Gasteiger partial charge in [0.2, 0.25) is 11.8 Å². The summed E-state index contributed by atoms with van der Waals surface area (Å²) >= 11 is 0. The molecule has 0 saturated heterocycles. The molecule has 0 aliphatic rings. The van der Waals surface area contributed by atoms with Crippen molar-refractivity contribution in [2.75, 3.05) is 0 Å². The van der Waals surface area contributed by atoms with Crippen LogP contribution < -0.4 is 16.6 Å². The Hall–Kier alpha value is -3.58. The van der Waals surface area contributed by atoms with Crippen LogP contribution in [0.5, 0.6) is 0 Å². The van der Waals surface area contributed by atoms with Crippen molar-refractivity contribution in [3.63, 3.8) is 0 Å². The third-order valence-corrected chi connectivity index (χ3v) is 7.06. The summed E-state index contributed by atoms with van der Waals surface area (Å²) in [7, 11) is -4.02. The van der Waals surface area contributed by atoms with Crippen molar-refractivity contribution in [2.24, 2.45) is 23.5 Å². The number of carbonyl (C=O) groups excluding carboxylic acids is 3. The summed E-state index contributed by atoms with van der Waals surface area (Å²) in [5.41, 5.74) is 12.0. The highest BCUT2D eigenvalue weighted by Gasteiger charge is 2.35. The van der Waals surface area contributed by atoms with Gasteiger partial charge in [0.15, 0.2) is 0 Å². The van der Waals surface area contributed by atoms with E-state index in [-0.39, 0.29) is 23.3 Å². The maximum Gasteiger partial charge on any atom is 0.294 e. The van der Waals surface area contributed by atoms with Crippen LogP contribution in [0, 0.1) is 24.7 Å². The second-order valence-corrected chi connectivity index (χ2v) is 12.1. The van der Waals surface area contributed by atoms with E-state index >= 15 is 0 Å². The molecule has 0 saturated carbocycles. The summed E-state index contributed by atoms with van der Waals surface area (Å²) in [6.45, 7) is 10.8. The Morgan fingerprint density at radius 3 is 1.95 bits per heavy atom. The molecule has 2 rings (SSSR count). The van der Waals surface area contributed by atoms with Crippen molar-refractivity contribution in [2.45, 2.75) is 71.4 Å².